The highest BCUT2D eigenvalue weighted by Crippen LogP contribution is 2.31. The van der Waals surface area contributed by atoms with Crippen LogP contribution < -0.4 is 16.0 Å². The van der Waals surface area contributed by atoms with Gasteiger partial charge in [-0.25, -0.2) is 4.79 Å². The van der Waals surface area contributed by atoms with Crippen molar-refractivity contribution >= 4 is 29.0 Å². The number of hydrogen-bond donors (Lipinski definition) is 4. The van der Waals surface area contributed by atoms with Crippen LogP contribution in [0, 0.1) is 0 Å². The van der Waals surface area contributed by atoms with Crippen molar-refractivity contribution in [2.45, 2.75) is 13.1 Å². The molecule has 0 bridgehead atoms. The second-order valence-electron chi connectivity index (χ2n) is 5.83. The van der Waals surface area contributed by atoms with E-state index in [-0.39, 0.29) is 23.1 Å². The third kappa shape index (κ3) is 5.06. The Morgan fingerprint density at radius 2 is 1.76 bits per heavy atom. The molecule has 0 aliphatic rings. The van der Waals surface area contributed by atoms with Crippen LogP contribution in [0.4, 0.5) is 35.0 Å². The minimum atomic E-state index is -4.53. The molecule has 3 amide bonds. The van der Waals surface area contributed by atoms with E-state index in [1.807, 2.05) is 0 Å². The van der Waals surface area contributed by atoms with Gasteiger partial charge in [0.25, 0.3) is 0 Å². The number of rotatable bonds is 4. The molecule has 0 unspecified atom stereocenters. The number of urea groups is 1. The van der Waals surface area contributed by atoms with E-state index in [0.717, 1.165) is 12.1 Å². The Labute approximate surface area is 161 Å². The molecule has 3 rings (SSSR count). The van der Waals surface area contributed by atoms with Crippen molar-refractivity contribution in [3.63, 3.8) is 0 Å². The Kier molecular flexibility index (Phi) is 5.43. The van der Waals surface area contributed by atoms with Gasteiger partial charge in [0.1, 0.15) is 0 Å². The molecule has 0 radical (unpaired) electrons. The summed E-state index contributed by atoms with van der Waals surface area (Å²) in [6, 6.07) is 8.00. The first-order chi connectivity index (χ1) is 13.7. The first-order valence-electron chi connectivity index (χ1n) is 8.13. The van der Waals surface area contributed by atoms with E-state index in [9.17, 15) is 22.8 Å². The molecular formula is C17H14F3N7O2. The number of amides is 3. The lowest BCUT2D eigenvalue weighted by atomic mass is 10.1. The lowest BCUT2D eigenvalue weighted by Crippen LogP contribution is -2.20. The van der Waals surface area contributed by atoms with Crippen LogP contribution in [0.5, 0.6) is 0 Å². The predicted molar refractivity (Wildman–Crippen MR) is 98.0 cm³/mol. The Hall–Kier alpha value is -3.96. The number of nitrogens with zero attached hydrogens (tertiary/aromatic N) is 3. The van der Waals surface area contributed by atoms with Gasteiger partial charge in [-0.1, -0.05) is 6.07 Å². The molecule has 150 valence electrons. The van der Waals surface area contributed by atoms with Crippen molar-refractivity contribution < 1.29 is 22.8 Å². The molecule has 2 aromatic carbocycles. The zero-order valence-electron chi connectivity index (χ0n) is 14.8. The molecule has 0 saturated carbocycles. The molecule has 0 aliphatic carbocycles. The molecule has 1 aromatic heterocycles. The maximum atomic E-state index is 12.8. The fourth-order valence-corrected chi connectivity index (χ4v) is 2.45. The smallest absolute Gasteiger partial charge is 0.326 e. The minimum absolute atomic E-state index is 0.0340. The number of hydrogen-bond acceptors (Lipinski definition) is 5. The van der Waals surface area contributed by atoms with Crippen LogP contribution in [0.3, 0.4) is 0 Å². The minimum Gasteiger partial charge on any atom is -0.326 e. The van der Waals surface area contributed by atoms with Crippen LogP contribution in [0.15, 0.2) is 42.5 Å². The number of aromatic amines is 1. The molecule has 3 aromatic rings. The molecule has 4 N–H and O–H groups in total. The van der Waals surface area contributed by atoms with Gasteiger partial charge in [-0.3, -0.25) is 4.79 Å². The zero-order chi connectivity index (χ0) is 21.0. The Bertz CT molecular complexity index is 1040. The van der Waals surface area contributed by atoms with Crippen LogP contribution in [0.25, 0.3) is 11.4 Å². The Morgan fingerprint density at radius 1 is 1.00 bits per heavy atom. The normalized spacial score (nSPS) is 11.0. The molecule has 0 fully saturated rings. The highest BCUT2D eigenvalue weighted by molar-refractivity contribution is 6.02. The van der Waals surface area contributed by atoms with E-state index in [1.165, 1.54) is 37.3 Å². The Balaban J connectivity index is 1.82. The van der Waals surface area contributed by atoms with Crippen molar-refractivity contribution in [2.75, 3.05) is 16.0 Å². The van der Waals surface area contributed by atoms with Crippen molar-refractivity contribution in [3.05, 3.63) is 48.0 Å². The number of carbonyl (C=O) groups excluding carboxylic acids is 2. The number of H-pyrrole nitrogens is 1. The summed E-state index contributed by atoms with van der Waals surface area (Å²) in [5.41, 5.74) is 0.103. The van der Waals surface area contributed by atoms with Gasteiger partial charge in [0.05, 0.1) is 11.3 Å². The monoisotopic (exact) mass is 405 g/mol. The summed E-state index contributed by atoms with van der Waals surface area (Å²) in [5, 5.41) is 20.9. The second kappa shape index (κ2) is 7.96. The van der Waals surface area contributed by atoms with Crippen LogP contribution in [0.2, 0.25) is 0 Å². The van der Waals surface area contributed by atoms with Crippen LogP contribution in [-0.4, -0.2) is 32.6 Å². The standard InChI is InChI=1S/C17H14F3N7O2/c1-9(28)21-12-5-6-14(13(8-12)15-24-26-27-25-15)23-16(29)22-11-4-2-3-10(7-11)17(18,19)20/h2-8H,1H3,(H,21,28)(H2,22,23,29)(H,24,25,26,27). The first kappa shape index (κ1) is 19.8. The van der Waals surface area contributed by atoms with E-state index >= 15 is 0 Å². The van der Waals surface area contributed by atoms with Crippen LogP contribution >= 0.6 is 0 Å². The molecule has 29 heavy (non-hydrogen) atoms. The number of benzene rings is 2. The highest BCUT2D eigenvalue weighted by atomic mass is 19.4. The van der Waals surface area contributed by atoms with Crippen molar-refractivity contribution in [2.24, 2.45) is 0 Å². The van der Waals surface area contributed by atoms with Gasteiger partial charge < -0.3 is 16.0 Å². The SMILES string of the molecule is CC(=O)Nc1ccc(NC(=O)Nc2cccc(C(F)(F)F)c2)c(-c2nn[nH]n2)c1. The number of halogens is 3. The number of nitrogens with one attached hydrogen (secondary N) is 4. The molecular weight excluding hydrogens is 391 g/mol. The van der Waals surface area contributed by atoms with E-state index in [4.69, 9.17) is 0 Å². The summed E-state index contributed by atoms with van der Waals surface area (Å²) in [4.78, 5) is 23.5. The summed E-state index contributed by atoms with van der Waals surface area (Å²) >= 11 is 0. The summed E-state index contributed by atoms with van der Waals surface area (Å²) in [6.45, 7) is 1.34. The van der Waals surface area contributed by atoms with E-state index < -0.39 is 17.8 Å². The lowest BCUT2D eigenvalue weighted by molar-refractivity contribution is -0.137. The topological polar surface area (TPSA) is 125 Å². The van der Waals surface area contributed by atoms with Crippen LogP contribution in [0.1, 0.15) is 12.5 Å². The molecule has 1 heterocycles. The van der Waals surface area contributed by atoms with Gasteiger partial charge in [-0.15, -0.1) is 10.2 Å². The number of carbonyl (C=O) groups is 2. The van der Waals surface area contributed by atoms with Gasteiger partial charge in [0.2, 0.25) is 11.7 Å². The number of tetrazole rings is 1. The fourth-order valence-electron chi connectivity index (χ4n) is 2.45. The molecule has 0 spiro atoms. The van der Waals surface area contributed by atoms with Gasteiger partial charge >= 0.3 is 12.2 Å². The molecule has 0 aliphatic heterocycles. The van der Waals surface area contributed by atoms with Crippen LogP contribution in [-0.2, 0) is 11.0 Å². The van der Waals surface area contributed by atoms with Gasteiger partial charge in [-0.05, 0) is 41.6 Å². The summed E-state index contributed by atoms with van der Waals surface area (Å²) in [7, 11) is 0. The largest absolute Gasteiger partial charge is 0.416 e. The van der Waals surface area contributed by atoms with Crippen molar-refractivity contribution in [1.29, 1.82) is 0 Å². The number of aromatic nitrogens is 4. The lowest BCUT2D eigenvalue weighted by Gasteiger charge is -2.13. The van der Waals surface area contributed by atoms with E-state index in [0.29, 0.717) is 11.3 Å². The van der Waals surface area contributed by atoms with E-state index in [1.54, 1.807) is 0 Å². The first-order valence-corrected chi connectivity index (χ1v) is 8.13. The van der Waals surface area contributed by atoms with Gasteiger partial charge in [-0.2, -0.15) is 18.4 Å². The van der Waals surface area contributed by atoms with Crippen molar-refractivity contribution in [3.8, 4) is 11.4 Å². The Morgan fingerprint density at radius 3 is 2.41 bits per heavy atom. The third-order valence-corrected chi connectivity index (χ3v) is 3.62. The molecule has 12 heteroatoms. The van der Waals surface area contributed by atoms with Gasteiger partial charge in [0, 0.05) is 23.9 Å². The summed E-state index contributed by atoms with van der Waals surface area (Å²) in [6.07, 6.45) is -4.53. The number of alkyl halides is 3. The molecule has 0 atom stereocenters. The maximum absolute atomic E-state index is 12.8. The van der Waals surface area contributed by atoms with Crippen molar-refractivity contribution in [1.82, 2.24) is 20.6 Å². The van der Waals surface area contributed by atoms with E-state index in [2.05, 4.69) is 36.6 Å². The average molecular weight is 405 g/mol. The fraction of sp³-hybridized carbons (Fsp3) is 0.118. The number of anilines is 3. The quantitative estimate of drug-likeness (QED) is 0.529. The maximum Gasteiger partial charge on any atom is 0.416 e. The average Bonchev–Trinajstić information content (AvgIpc) is 3.16. The zero-order valence-corrected chi connectivity index (χ0v) is 14.8. The highest BCUT2D eigenvalue weighted by Gasteiger charge is 2.30. The predicted octanol–water partition coefficient (Wildman–Crippen LogP) is 3.49. The third-order valence-electron chi connectivity index (χ3n) is 3.62. The summed E-state index contributed by atoms with van der Waals surface area (Å²) < 4.78 is 38.4. The van der Waals surface area contributed by atoms with Gasteiger partial charge in [0.15, 0.2) is 0 Å². The second-order valence-corrected chi connectivity index (χ2v) is 5.83. The molecule has 9 nitrogen and oxygen atoms in total. The summed E-state index contributed by atoms with van der Waals surface area (Å²) in [5.74, 6) is -0.154. The molecule has 0 saturated heterocycles.